The third-order valence-electron chi connectivity index (χ3n) is 4.04. The van der Waals surface area contributed by atoms with Crippen LogP contribution in [0.4, 0.5) is 5.69 Å². The molecular formula is C20H18ClN3O2. The van der Waals surface area contributed by atoms with Gasteiger partial charge in [-0.2, -0.15) is 5.10 Å². The molecule has 26 heavy (non-hydrogen) atoms. The highest BCUT2D eigenvalue weighted by molar-refractivity contribution is 6.31. The zero-order chi connectivity index (χ0) is 18.5. The van der Waals surface area contributed by atoms with Crippen molar-refractivity contribution < 1.29 is 9.90 Å². The van der Waals surface area contributed by atoms with E-state index in [1.54, 1.807) is 12.1 Å². The number of hydrogen-bond donors (Lipinski definition) is 3. The van der Waals surface area contributed by atoms with E-state index in [9.17, 15) is 9.90 Å². The van der Waals surface area contributed by atoms with Gasteiger partial charge in [0, 0.05) is 16.3 Å². The Balaban J connectivity index is 1.65. The molecule has 0 radical (unpaired) electrons. The van der Waals surface area contributed by atoms with Crippen molar-refractivity contribution in [2.24, 2.45) is 5.10 Å². The van der Waals surface area contributed by atoms with Gasteiger partial charge in [-0.25, -0.2) is 5.43 Å². The molecule has 0 aromatic heterocycles. The third-order valence-corrected chi connectivity index (χ3v) is 4.45. The number of anilines is 1. The molecule has 3 N–H and O–H groups in total. The predicted octanol–water partition coefficient (Wildman–Crippen LogP) is 4.07. The van der Waals surface area contributed by atoms with Gasteiger partial charge in [-0.3, -0.25) is 4.79 Å². The van der Waals surface area contributed by atoms with E-state index < -0.39 is 0 Å². The number of halogens is 1. The topological polar surface area (TPSA) is 73.7 Å². The molecule has 0 heterocycles. The van der Waals surface area contributed by atoms with Crippen molar-refractivity contribution >= 4 is 40.2 Å². The summed E-state index contributed by atoms with van der Waals surface area (Å²) in [5.74, 6) is -0.199. The lowest BCUT2D eigenvalue weighted by atomic mass is 10.0. The fourth-order valence-corrected chi connectivity index (χ4v) is 2.78. The van der Waals surface area contributed by atoms with Crippen LogP contribution in [0.25, 0.3) is 10.8 Å². The van der Waals surface area contributed by atoms with E-state index in [1.807, 2.05) is 49.4 Å². The quantitative estimate of drug-likeness (QED) is 0.470. The average Bonchev–Trinajstić information content (AvgIpc) is 2.65. The van der Waals surface area contributed by atoms with Gasteiger partial charge < -0.3 is 10.4 Å². The number of hydrazone groups is 1. The molecular weight excluding hydrogens is 350 g/mol. The molecule has 3 aromatic carbocycles. The summed E-state index contributed by atoms with van der Waals surface area (Å²) in [7, 11) is 0. The molecule has 0 atom stereocenters. The third kappa shape index (κ3) is 3.95. The Morgan fingerprint density at radius 3 is 2.81 bits per heavy atom. The minimum absolute atomic E-state index is 0.0556. The number of hydrogen-bond acceptors (Lipinski definition) is 4. The van der Waals surface area contributed by atoms with Crippen LogP contribution in [-0.4, -0.2) is 23.8 Å². The molecule has 0 aliphatic rings. The summed E-state index contributed by atoms with van der Waals surface area (Å²) in [5, 5.41) is 19.5. The van der Waals surface area contributed by atoms with E-state index in [-0.39, 0.29) is 18.2 Å². The number of nitrogens with zero attached hydrogens (tertiary/aromatic N) is 1. The Kier molecular flexibility index (Phi) is 5.39. The minimum Gasteiger partial charge on any atom is -0.507 e. The van der Waals surface area contributed by atoms with Crippen LogP contribution in [-0.2, 0) is 4.79 Å². The summed E-state index contributed by atoms with van der Waals surface area (Å²) in [5.41, 5.74) is 4.68. The molecule has 0 bridgehead atoms. The number of nitrogens with one attached hydrogen (secondary N) is 2. The second-order valence-corrected chi connectivity index (χ2v) is 6.19. The molecule has 132 valence electrons. The largest absolute Gasteiger partial charge is 0.507 e. The van der Waals surface area contributed by atoms with Crippen LogP contribution < -0.4 is 10.7 Å². The molecule has 3 rings (SSSR count). The number of amides is 1. The van der Waals surface area contributed by atoms with Crippen molar-refractivity contribution in [3.63, 3.8) is 0 Å². The SMILES string of the molecule is Cc1c(Cl)cccc1NCC(=O)NN=Cc1c(O)ccc2ccccc12. The standard InChI is InChI=1S/C20H18ClN3O2/c1-13-17(21)7-4-8-18(13)22-12-20(26)24-23-11-16-15-6-3-2-5-14(15)9-10-19(16)25/h2-11,22,25H,12H2,1H3,(H,24,26). The molecule has 0 aliphatic carbocycles. The molecule has 0 unspecified atom stereocenters. The van der Waals surface area contributed by atoms with Crippen LogP contribution in [0.15, 0.2) is 59.7 Å². The summed E-state index contributed by atoms with van der Waals surface area (Å²) in [6.45, 7) is 1.93. The van der Waals surface area contributed by atoms with E-state index in [1.165, 1.54) is 6.21 Å². The molecule has 0 saturated carbocycles. The lowest BCUT2D eigenvalue weighted by Gasteiger charge is -2.09. The van der Waals surface area contributed by atoms with Crippen molar-refractivity contribution in [2.75, 3.05) is 11.9 Å². The lowest BCUT2D eigenvalue weighted by molar-refractivity contribution is -0.119. The first-order chi connectivity index (χ1) is 12.6. The number of aromatic hydroxyl groups is 1. The van der Waals surface area contributed by atoms with Gasteiger partial charge in [-0.1, -0.05) is 48.0 Å². The van der Waals surface area contributed by atoms with Crippen LogP contribution in [0.2, 0.25) is 5.02 Å². The van der Waals surface area contributed by atoms with Crippen molar-refractivity contribution in [3.8, 4) is 5.75 Å². The molecule has 0 aliphatic heterocycles. The van der Waals surface area contributed by atoms with Gasteiger partial charge in [0.15, 0.2) is 0 Å². The Labute approximate surface area is 156 Å². The van der Waals surface area contributed by atoms with Crippen LogP contribution in [0.1, 0.15) is 11.1 Å². The molecule has 5 nitrogen and oxygen atoms in total. The molecule has 0 fully saturated rings. The number of carbonyl (C=O) groups excluding carboxylic acids is 1. The van der Waals surface area contributed by atoms with E-state index in [0.717, 1.165) is 22.0 Å². The second kappa shape index (κ2) is 7.89. The molecule has 6 heteroatoms. The molecule has 1 amide bonds. The number of phenolic OH excluding ortho intramolecular Hbond substituents is 1. The fraction of sp³-hybridized carbons (Fsp3) is 0.100. The summed E-state index contributed by atoms with van der Waals surface area (Å²) in [6.07, 6.45) is 1.44. The maximum atomic E-state index is 12.0. The first-order valence-electron chi connectivity index (χ1n) is 8.08. The van der Waals surface area contributed by atoms with E-state index in [4.69, 9.17) is 11.6 Å². The first-order valence-corrected chi connectivity index (χ1v) is 8.45. The normalized spacial score (nSPS) is 11.0. The van der Waals surface area contributed by atoms with Gasteiger partial charge in [0.05, 0.1) is 12.8 Å². The highest BCUT2D eigenvalue weighted by Gasteiger charge is 2.06. The Bertz CT molecular complexity index is 986. The maximum absolute atomic E-state index is 12.0. The summed E-state index contributed by atoms with van der Waals surface area (Å²) < 4.78 is 0. The Hall–Kier alpha value is -3.05. The van der Waals surface area contributed by atoms with Crippen LogP contribution in [0, 0.1) is 6.92 Å². The molecule has 0 saturated heterocycles. The van der Waals surface area contributed by atoms with Crippen molar-refractivity contribution in [1.29, 1.82) is 0 Å². The van der Waals surface area contributed by atoms with Crippen LogP contribution in [0.5, 0.6) is 5.75 Å². The fourth-order valence-electron chi connectivity index (χ4n) is 2.60. The van der Waals surface area contributed by atoms with E-state index >= 15 is 0 Å². The second-order valence-electron chi connectivity index (χ2n) is 5.78. The molecule has 3 aromatic rings. The number of fused-ring (bicyclic) bond motifs is 1. The van der Waals surface area contributed by atoms with Crippen LogP contribution >= 0.6 is 11.6 Å². The van der Waals surface area contributed by atoms with Crippen molar-refractivity contribution in [3.05, 3.63) is 70.7 Å². The van der Waals surface area contributed by atoms with E-state index in [0.29, 0.717) is 10.6 Å². The number of benzene rings is 3. The number of carbonyl (C=O) groups is 1. The van der Waals surface area contributed by atoms with Crippen molar-refractivity contribution in [2.45, 2.75) is 6.92 Å². The Morgan fingerprint density at radius 1 is 1.15 bits per heavy atom. The summed E-state index contributed by atoms with van der Waals surface area (Å²) >= 11 is 6.06. The smallest absolute Gasteiger partial charge is 0.259 e. The van der Waals surface area contributed by atoms with Crippen LogP contribution in [0.3, 0.4) is 0 Å². The van der Waals surface area contributed by atoms with Crippen molar-refractivity contribution in [1.82, 2.24) is 5.43 Å². The van der Waals surface area contributed by atoms with Gasteiger partial charge >= 0.3 is 0 Å². The predicted molar refractivity (Wildman–Crippen MR) is 106 cm³/mol. The lowest BCUT2D eigenvalue weighted by Crippen LogP contribution is -2.26. The van der Waals surface area contributed by atoms with Gasteiger partial charge in [0.1, 0.15) is 5.75 Å². The maximum Gasteiger partial charge on any atom is 0.259 e. The summed E-state index contributed by atoms with van der Waals surface area (Å²) in [4.78, 5) is 12.0. The minimum atomic E-state index is -0.305. The average molecular weight is 368 g/mol. The first kappa shape index (κ1) is 17.8. The highest BCUT2D eigenvalue weighted by atomic mass is 35.5. The van der Waals surface area contributed by atoms with E-state index in [2.05, 4.69) is 15.8 Å². The molecule has 0 spiro atoms. The van der Waals surface area contributed by atoms with Gasteiger partial charge in [-0.05, 0) is 41.5 Å². The monoisotopic (exact) mass is 367 g/mol. The zero-order valence-corrected chi connectivity index (χ0v) is 14.9. The number of rotatable bonds is 5. The van der Waals surface area contributed by atoms with Gasteiger partial charge in [0.2, 0.25) is 0 Å². The highest BCUT2D eigenvalue weighted by Crippen LogP contribution is 2.25. The van der Waals surface area contributed by atoms with Gasteiger partial charge in [-0.15, -0.1) is 0 Å². The van der Waals surface area contributed by atoms with Gasteiger partial charge in [0.25, 0.3) is 5.91 Å². The summed E-state index contributed by atoms with van der Waals surface area (Å²) in [6, 6.07) is 16.5. The Morgan fingerprint density at radius 2 is 1.96 bits per heavy atom. The zero-order valence-electron chi connectivity index (χ0n) is 14.2. The number of phenols is 1.